The summed E-state index contributed by atoms with van der Waals surface area (Å²) in [4.78, 5) is 5.60. The van der Waals surface area contributed by atoms with Gasteiger partial charge in [-0.25, -0.2) is 0 Å². The zero-order chi connectivity index (χ0) is 47.0. The zero-order valence-corrected chi connectivity index (χ0v) is 45.5. The molecule has 5 atom stereocenters. The second kappa shape index (κ2) is 16.1. The predicted octanol–water partition coefficient (Wildman–Crippen LogP) is 15.8. The summed E-state index contributed by atoms with van der Waals surface area (Å²) < 4.78 is 7.52. The Bertz CT molecular complexity index is 2540. The van der Waals surface area contributed by atoms with Crippen LogP contribution in [0.3, 0.4) is 0 Å². The Morgan fingerprint density at radius 1 is 0.846 bits per heavy atom. The van der Waals surface area contributed by atoms with Gasteiger partial charge < -0.3 is 14.2 Å². The van der Waals surface area contributed by atoms with E-state index in [4.69, 9.17) is 4.42 Å². The fraction of sp³-hybridized carbons (Fsp3) is 0.600. The van der Waals surface area contributed by atoms with E-state index in [1.807, 2.05) is 0 Å². The molecule has 1 fully saturated rings. The molecule has 3 heterocycles. The Morgan fingerprint density at radius 3 is 2.22 bits per heavy atom. The molecule has 0 N–H and O–H groups in total. The van der Waals surface area contributed by atoms with Crippen molar-refractivity contribution >= 4 is 62.8 Å². The number of alkyl halides is 1. The number of hydrogen-bond donors (Lipinski definition) is 0. The molecule has 5 unspecified atom stereocenters. The van der Waals surface area contributed by atoms with E-state index in [1.54, 1.807) is 5.57 Å². The van der Waals surface area contributed by atoms with Crippen molar-refractivity contribution in [3.63, 3.8) is 0 Å². The topological polar surface area (TPSA) is 19.6 Å². The van der Waals surface area contributed by atoms with Gasteiger partial charge >= 0.3 is 0 Å². The molecule has 65 heavy (non-hydrogen) atoms. The van der Waals surface area contributed by atoms with Crippen LogP contribution >= 0.6 is 22.6 Å². The Kier molecular flexibility index (Phi) is 11.7. The van der Waals surface area contributed by atoms with Gasteiger partial charge in [-0.15, -0.1) is 0 Å². The molecule has 2 aliphatic heterocycles. The lowest BCUT2D eigenvalue weighted by Crippen LogP contribution is -2.61. The molecule has 0 radical (unpaired) electrons. The van der Waals surface area contributed by atoms with Crippen LogP contribution in [0.15, 0.2) is 93.5 Å². The van der Waals surface area contributed by atoms with Crippen molar-refractivity contribution in [1.82, 2.24) is 0 Å². The van der Waals surface area contributed by atoms with Crippen LogP contribution < -0.4 is 20.7 Å². The van der Waals surface area contributed by atoms with Crippen molar-refractivity contribution in [2.75, 3.05) is 16.3 Å². The highest BCUT2D eigenvalue weighted by molar-refractivity contribution is 14.1. The summed E-state index contributed by atoms with van der Waals surface area (Å²) in [7, 11) is 0. The van der Waals surface area contributed by atoms with E-state index in [9.17, 15) is 0 Å². The number of halogens is 1. The van der Waals surface area contributed by atoms with Crippen molar-refractivity contribution in [1.29, 1.82) is 0 Å². The monoisotopic (exact) mass is 985 g/mol. The van der Waals surface area contributed by atoms with Gasteiger partial charge in [-0.05, 0) is 176 Å². The van der Waals surface area contributed by atoms with Gasteiger partial charge in [0.05, 0.1) is 6.04 Å². The third kappa shape index (κ3) is 8.42. The highest BCUT2D eigenvalue weighted by Crippen LogP contribution is 2.57. The summed E-state index contributed by atoms with van der Waals surface area (Å²) in [6.45, 7) is 40.0. The lowest BCUT2D eigenvalue weighted by Gasteiger charge is -2.53. The van der Waals surface area contributed by atoms with Gasteiger partial charge in [0.1, 0.15) is 5.58 Å². The van der Waals surface area contributed by atoms with E-state index in [0.29, 0.717) is 17.9 Å². The van der Waals surface area contributed by atoms with Gasteiger partial charge in [-0.1, -0.05) is 159 Å². The van der Waals surface area contributed by atoms with Gasteiger partial charge in [0.2, 0.25) is 0 Å². The fourth-order valence-electron chi connectivity index (χ4n) is 13.1. The standard InChI is InChI=1S/C60H82BIN2O/c1-37(2)31-51-48-36-63(41-18-19-44-46(33-41)59(13,14)30-29-58(44,11)12)54-53(43-34-42-38(3)22-26-57(9,10)45(42)35-52(43)65-54)61(48)47-32-40(60(15,16)62)17-20-50(47)64(51)49-23-25-56(7,8)28-27-55(5,6)24-21-39(49)4/h17,19-21,23-25,31-32,34-35,38-39,41,46,49H,18,22,26-30,33,36H2,1-16H3/b24-21+,25-23+. The number of anilines is 2. The molecule has 5 heteroatoms. The van der Waals surface area contributed by atoms with Crippen LogP contribution in [0.4, 0.5) is 11.6 Å². The van der Waals surface area contributed by atoms with Gasteiger partial charge in [-0.3, -0.25) is 0 Å². The molecular weight excluding hydrogens is 902 g/mol. The first-order chi connectivity index (χ1) is 30.2. The highest BCUT2D eigenvalue weighted by atomic mass is 127. The molecule has 9 rings (SSSR count). The molecule has 1 saturated carbocycles. The van der Waals surface area contributed by atoms with Crippen LogP contribution in [0.5, 0.6) is 0 Å². The van der Waals surface area contributed by atoms with Crippen molar-refractivity contribution in [3.05, 3.63) is 106 Å². The van der Waals surface area contributed by atoms with Gasteiger partial charge in [0.25, 0.3) is 6.71 Å². The minimum atomic E-state index is -0.0293. The van der Waals surface area contributed by atoms with E-state index in [2.05, 4.69) is 210 Å². The summed E-state index contributed by atoms with van der Waals surface area (Å²) in [5.41, 5.74) is 16.5. The molecule has 1 aromatic heterocycles. The molecule has 0 amide bonds. The van der Waals surface area contributed by atoms with E-state index in [-0.39, 0.29) is 49.2 Å². The first-order valence-corrected chi connectivity index (χ1v) is 26.7. The molecule has 0 spiro atoms. The third-order valence-electron chi connectivity index (χ3n) is 17.8. The molecule has 3 nitrogen and oxygen atoms in total. The highest BCUT2D eigenvalue weighted by Gasteiger charge is 2.51. The van der Waals surface area contributed by atoms with Crippen LogP contribution in [0.1, 0.15) is 185 Å². The number of fused-ring (bicyclic) bond motifs is 9. The lowest BCUT2D eigenvalue weighted by molar-refractivity contribution is 0.103. The molecule has 2 aromatic carbocycles. The Morgan fingerprint density at radius 2 is 1.54 bits per heavy atom. The number of benzene rings is 2. The van der Waals surface area contributed by atoms with E-state index < -0.39 is 0 Å². The molecule has 348 valence electrons. The minimum Gasteiger partial charge on any atom is -0.441 e. The van der Waals surface area contributed by atoms with E-state index in [0.717, 1.165) is 30.9 Å². The predicted molar refractivity (Wildman–Crippen MR) is 291 cm³/mol. The van der Waals surface area contributed by atoms with Crippen LogP contribution in [0.2, 0.25) is 0 Å². The maximum absolute atomic E-state index is 7.55. The summed E-state index contributed by atoms with van der Waals surface area (Å²) in [5, 5.41) is 1.33. The van der Waals surface area contributed by atoms with Crippen LogP contribution in [-0.4, -0.2) is 25.3 Å². The number of allylic oxidation sites excluding steroid dienone is 5. The maximum Gasteiger partial charge on any atom is 0.252 e. The molecule has 3 aromatic rings. The van der Waals surface area contributed by atoms with E-state index >= 15 is 0 Å². The largest absolute Gasteiger partial charge is 0.441 e. The number of nitrogens with zero attached hydrogens (tertiary/aromatic N) is 2. The van der Waals surface area contributed by atoms with Crippen LogP contribution in [-0.2, 0) is 8.84 Å². The first kappa shape index (κ1) is 47.2. The average molecular weight is 985 g/mol. The number of furan rings is 1. The molecule has 0 bridgehead atoms. The van der Waals surface area contributed by atoms with Crippen molar-refractivity contribution in [2.24, 2.45) is 33.5 Å². The van der Waals surface area contributed by atoms with Crippen molar-refractivity contribution < 1.29 is 4.42 Å². The SMILES string of the molecule is CC(C)=CC1=C2CN(C3CC=C4C(C3)C(C)(C)CCC4(C)C)c3oc4cc5c(cc4c3B2c2cc(C(C)(C)I)ccc2N1C1/C=C/C(C)(C)CCC(C)(C)/C=C/C1C)C(C)CCC5(C)C. The maximum atomic E-state index is 7.55. The first-order valence-electron chi connectivity index (χ1n) is 25.7. The summed E-state index contributed by atoms with van der Waals surface area (Å²) in [6.07, 6.45) is 25.1. The minimum absolute atomic E-state index is 0.0293. The van der Waals surface area contributed by atoms with Crippen LogP contribution in [0.25, 0.3) is 11.0 Å². The van der Waals surface area contributed by atoms with Gasteiger partial charge in [-0.2, -0.15) is 0 Å². The summed E-state index contributed by atoms with van der Waals surface area (Å²) in [5.74, 6) is 2.49. The van der Waals surface area contributed by atoms with Gasteiger partial charge in [0.15, 0.2) is 5.88 Å². The molecule has 6 aliphatic rings. The Hall–Kier alpha value is -2.93. The Balaban J connectivity index is 1.35. The number of rotatable bonds is 4. The quantitative estimate of drug-likeness (QED) is 0.112. The molecule has 0 saturated heterocycles. The Labute approximate surface area is 409 Å². The molecular formula is C60H82BIN2O. The third-order valence-corrected chi connectivity index (χ3v) is 18.4. The second-order valence-corrected chi connectivity index (χ2v) is 28.8. The van der Waals surface area contributed by atoms with Gasteiger partial charge in [0, 0.05) is 38.2 Å². The average Bonchev–Trinajstić information content (AvgIpc) is 3.60. The van der Waals surface area contributed by atoms with Crippen molar-refractivity contribution in [3.8, 4) is 0 Å². The summed E-state index contributed by atoms with van der Waals surface area (Å²) >= 11 is 2.67. The number of hydrogen-bond acceptors (Lipinski definition) is 3. The second-order valence-electron chi connectivity index (χ2n) is 26.1. The van der Waals surface area contributed by atoms with E-state index in [1.165, 1.54) is 94.0 Å². The van der Waals surface area contributed by atoms with Crippen LogP contribution in [0, 0.1) is 33.5 Å². The fourth-order valence-corrected chi connectivity index (χ4v) is 13.4. The molecule has 4 aliphatic carbocycles. The van der Waals surface area contributed by atoms with Crippen molar-refractivity contribution in [2.45, 2.75) is 189 Å². The lowest BCUT2D eigenvalue weighted by atomic mass is 9.33. The normalized spacial score (nSPS) is 29.7. The summed E-state index contributed by atoms with van der Waals surface area (Å²) in [6, 6.07) is 13.1. The smallest absolute Gasteiger partial charge is 0.252 e. The zero-order valence-electron chi connectivity index (χ0n) is 43.4.